The van der Waals surface area contributed by atoms with E-state index in [0.29, 0.717) is 0 Å². The van der Waals surface area contributed by atoms with Gasteiger partial charge in [-0.15, -0.1) is 0 Å². The molecule has 5 nitrogen and oxygen atoms in total. The van der Waals surface area contributed by atoms with Crippen molar-refractivity contribution < 1.29 is 19.5 Å². The number of nitrogens with zero attached hydrogens (tertiary/aromatic N) is 2. The first-order chi connectivity index (χ1) is 3.68. The summed E-state index contributed by atoms with van der Waals surface area (Å²) < 4.78 is 0. The molecule has 42 valence electrons. The Morgan fingerprint density at radius 2 is 2.12 bits per heavy atom. The lowest BCUT2D eigenvalue weighted by atomic mass is 10.4. The number of ketones is 1. The monoisotopic (exact) mass is 113 g/mol. The molecule has 0 unspecified atom stereocenters. The Labute approximate surface area is 44.2 Å². The topological polar surface area (TPSA) is 93.6 Å². The van der Waals surface area contributed by atoms with Crippen molar-refractivity contribution in [3.05, 3.63) is 5.53 Å². The van der Waals surface area contributed by atoms with Crippen LogP contribution in [0.1, 0.15) is 0 Å². The van der Waals surface area contributed by atoms with E-state index in [4.69, 9.17) is 5.53 Å². The smallest absolute Gasteiger partial charge is 0.329 e. The molecule has 0 heterocycles. The summed E-state index contributed by atoms with van der Waals surface area (Å²) in [5.74, 6) is -3.24. The molecule has 0 aliphatic heterocycles. The van der Waals surface area contributed by atoms with E-state index in [1.807, 2.05) is 0 Å². The second-order valence-corrected chi connectivity index (χ2v) is 0.896. The third kappa shape index (κ3) is 1.84. The Hall–Kier alpha value is -1.48. The van der Waals surface area contributed by atoms with E-state index in [-0.39, 0.29) is 6.21 Å². The summed E-state index contributed by atoms with van der Waals surface area (Å²) in [6.07, 6.45) is 0.245. The van der Waals surface area contributed by atoms with Gasteiger partial charge in [0.25, 0.3) is 5.78 Å². The second-order valence-electron chi connectivity index (χ2n) is 0.896. The van der Waals surface area contributed by atoms with Gasteiger partial charge in [0.1, 0.15) is 5.97 Å². The van der Waals surface area contributed by atoms with Crippen LogP contribution in [0.4, 0.5) is 0 Å². The number of carbonyl (C=O) groups excluding carboxylic acids is 2. The van der Waals surface area contributed by atoms with Crippen molar-refractivity contribution in [1.82, 2.24) is 0 Å². The van der Waals surface area contributed by atoms with E-state index >= 15 is 0 Å². The lowest BCUT2D eigenvalue weighted by molar-refractivity contribution is -0.299. The van der Waals surface area contributed by atoms with Crippen LogP contribution in [0.15, 0.2) is 0 Å². The molecule has 0 aliphatic carbocycles. The fourth-order valence-electron chi connectivity index (χ4n) is 0.105. The number of hydrogen-bond donors (Lipinski definition) is 0. The van der Waals surface area contributed by atoms with Crippen LogP contribution in [0.2, 0.25) is 0 Å². The number of carboxylic acids is 1. The van der Waals surface area contributed by atoms with Gasteiger partial charge < -0.3 is 15.4 Å². The van der Waals surface area contributed by atoms with Gasteiger partial charge in [0.15, 0.2) is 0 Å². The average Bonchev–Trinajstić information content (AvgIpc) is 1.67. The first kappa shape index (κ1) is 6.52. The molecular weight excluding hydrogens is 112 g/mol. The van der Waals surface area contributed by atoms with Gasteiger partial charge in [0, 0.05) is 0 Å². The molecule has 0 rings (SSSR count). The largest absolute Gasteiger partial charge is 0.541 e. The van der Waals surface area contributed by atoms with E-state index in [9.17, 15) is 14.7 Å². The Bertz CT molecular complexity index is 163. The molecule has 0 aromatic carbocycles. The minimum absolute atomic E-state index is 0.245. The molecule has 0 atom stereocenters. The maximum absolute atomic E-state index is 9.77. The van der Waals surface area contributed by atoms with E-state index in [1.54, 1.807) is 0 Å². The SMILES string of the molecule is [N-]=[N+]=CC(=O)C(=O)[O-]. The zero-order valence-electron chi connectivity index (χ0n) is 3.70. The van der Waals surface area contributed by atoms with Crippen LogP contribution in [-0.2, 0) is 9.59 Å². The standard InChI is InChI=1S/C3H2N2O3/c4-5-1-2(6)3(7)8/h1H,(H,7,8)/p-1. The molecule has 0 radical (unpaired) electrons. The van der Waals surface area contributed by atoms with Gasteiger partial charge in [-0.3, -0.25) is 4.79 Å². The fourth-order valence-corrected chi connectivity index (χ4v) is 0.105. The van der Waals surface area contributed by atoms with E-state index in [0.717, 1.165) is 0 Å². The molecule has 0 bridgehead atoms. The molecule has 0 aliphatic rings. The summed E-state index contributed by atoms with van der Waals surface area (Å²) in [5.41, 5.74) is 7.54. The van der Waals surface area contributed by atoms with Gasteiger partial charge in [0.2, 0.25) is 0 Å². The molecule has 0 aromatic heterocycles. The maximum atomic E-state index is 9.77. The highest BCUT2D eigenvalue weighted by molar-refractivity contribution is 6.54. The summed E-state index contributed by atoms with van der Waals surface area (Å²) in [7, 11) is 0. The summed E-state index contributed by atoms with van der Waals surface area (Å²) in [6, 6.07) is 0. The van der Waals surface area contributed by atoms with Crippen molar-refractivity contribution in [2.45, 2.75) is 0 Å². The van der Waals surface area contributed by atoms with Crippen molar-refractivity contribution in [2.24, 2.45) is 0 Å². The number of carbonyl (C=O) groups is 2. The molecular formula is C3HN2O3-. The van der Waals surface area contributed by atoms with Gasteiger partial charge >= 0.3 is 6.21 Å². The van der Waals surface area contributed by atoms with Gasteiger partial charge in [0.05, 0.1) is 0 Å². The molecule has 0 saturated heterocycles. The van der Waals surface area contributed by atoms with Crippen LogP contribution >= 0.6 is 0 Å². The van der Waals surface area contributed by atoms with Crippen LogP contribution in [0.3, 0.4) is 0 Å². The van der Waals surface area contributed by atoms with E-state index in [1.165, 1.54) is 0 Å². The molecule has 8 heavy (non-hydrogen) atoms. The Morgan fingerprint density at radius 1 is 1.62 bits per heavy atom. The maximum Gasteiger partial charge on any atom is 0.329 e. The predicted octanol–water partition coefficient (Wildman–Crippen LogP) is -2.39. The van der Waals surface area contributed by atoms with Crippen LogP contribution in [0.25, 0.3) is 5.53 Å². The zero-order valence-corrected chi connectivity index (χ0v) is 3.70. The van der Waals surface area contributed by atoms with Crippen molar-refractivity contribution in [3.8, 4) is 0 Å². The quantitative estimate of drug-likeness (QED) is 0.173. The third-order valence-electron chi connectivity index (χ3n) is 0.376. The highest BCUT2D eigenvalue weighted by Gasteiger charge is 2.00. The molecule has 0 N–H and O–H groups in total. The fraction of sp³-hybridized carbons (Fsp3) is 0. The Balaban J connectivity index is 4.05. The molecule has 0 fully saturated rings. The van der Waals surface area contributed by atoms with Crippen LogP contribution in [-0.4, -0.2) is 22.8 Å². The third-order valence-corrected chi connectivity index (χ3v) is 0.376. The molecule has 0 spiro atoms. The number of carboxylic acid groups (broad SMARTS) is 1. The number of hydrogen-bond acceptors (Lipinski definition) is 3. The summed E-state index contributed by atoms with van der Waals surface area (Å²) in [5, 5.41) is 9.43. The first-order valence-corrected chi connectivity index (χ1v) is 1.61. The number of rotatable bonds is 2. The van der Waals surface area contributed by atoms with Crippen molar-refractivity contribution >= 4 is 18.0 Å². The molecule has 5 heteroatoms. The summed E-state index contributed by atoms with van der Waals surface area (Å²) in [6.45, 7) is 0. The van der Waals surface area contributed by atoms with Crippen LogP contribution in [0, 0.1) is 0 Å². The molecule has 0 amide bonds. The van der Waals surface area contributed by atoms with Crippen molar-refractivity contribution in [3.63, 3.8) is 0 Å². The Morgan fingerprint density at radius 3 is 2.25 bits per heavy atom. The van der Waals surface area contributed by atoms with Gasteiger partial charge in [-0.25, -0.2) is 0 Å². The minimum atomic E-state index is -1.89. The van der Waals surface area contributed by atoms with E-state index < -0.39 is 11.8 Å². The summed E-state index contributed by atoms with van der Waals surface area (Å²) in [4.78, 5) is 21.4. The number of Topliss-reactive ketones (excluding diaryl/α,β-unsaturated/α-hetero) is 1. The highest BCUT2D eigenvalue weighted by atomic mass is 16.4. The second kappa shape index (κ2) is 2.65. The predicted molar refractivity (Wildman–Crippen MR) is 19.7 cm³/mol. The average molecular weight is 113 g/mol. The van der Waals surface area contributed by atoms with E-state index in [2.05, 4.69) is 4.79 Å². The normalized spacial score (nSPS) is 7.00. The minimum Gasteiger partial charge on any atom is -0.541 e. The lowest BCUT2D eigenvalue weighted by Crippen LogP contribution is -2.32. The van der Waals surface area contributed by atoms with Crippen molar-refractivity contribution in [2.75, 3.05) is 0 Å². The van der Waals surface area contributed by atoms with Crippen LogP contribution < -0.4 is 5.11 Å². The highest BCUT2D eigenvalue weighted by Crippen LogP contribution is 1.54. The Kier molecular flexibility index (Phi) is 2.16. The summed E-state index contributed by atoms with van der Waals surface area (Å²) >= 11 is 0. The first-order valence-electron chi connectivity index (χ1n) is 1.61. The van der Waals surface area contributed by atoms with Gasteiger partial charge in [-0.2, -0.15) is 4.79 Å². The lowest BCUT2D eigenvalue weighted by Gasteiger charge is -1.84. The molecule has 0 aromatic rings. The van der Waals surface area contributed by atoms with Gasteiger partial charge in [-0.05, 0) is 0 Å². The van der Waals surface area contributed by atoms with Crippen molar-refractivity contribution in [1.29, 1.82) is 0 Å². The molecule has 0 saturated carbocycles. The zero-order chi connectivity index (χ0) is 6.57. The number of aliphatic carboxylic acids is 1. The van der Waals surface area contributed by atoms with Crippen LogP contribution in [0.5, 0.6) is 0 Å². The van der Waals surface area contributed by atoms with Gasteiger partial charge in [-0.1, -0.05) is 0 Å².